The van der Waals surface area contributed by atoms with Crippen LogP contribution in [0.4, 0.5) is 0 Å². The zero-order valence-electron chi connectivity index (χ0n) is 18.1. The van der Waals surface area contributed by atoms with Crippen LogP contribution in [0.25, 0.3) is 11.1 Å². The lowest BCUT2D eigenvalue weighted by Gasteiger charge is -2.36. The normalized spacial score (nSPS) is 20.3. The van der Waals surface area contributed by atoms with E-state index in [0.717, 1.165) is 11.1 Å². The smallest absolute Gasteiger partial charge is 0.251 e. The number of nitrogens with one attached hydrogen (secondary N) is 1. The molecule has 0 spiro atoms. The van der Waals surface area contributed by atoms with E-state index in [9.17, 15) is 14.4 Å². The first kappa shape index (κ1) is 22.1. The van der Waals surface area contributed by atoms with Crippen molar-refractivity contribution in [2.75, 3.05) is 32.7 Å². The third-order valence-corrected chi connectivity index (χ3v) is 7.17. The fraction of sp³-hybridized carbons (Fsp3) is 0.320. The first-order valence-corrected chi connectivity index (χ1v) is 11.8. The van der Waals surface area contributed by atoms with Crippen molar-refractivity contribution in [2.45, 2.75) is 12.2 Å². The summed E-state index contributed by atoms with van der Waals surface area (Å²) in [5, 5.41) is 4.66. The molecule has 166 valence electrons. The highest BCUT2D eigenvalue weighted by atomic mass is 32.2. The molecule has 4 rings (SSSR count). The van der Waals surface area contributed by atoms with Crippen LogP contribution >= 0.6 is 11.8 Å². The summed E-state index contributed by atoms with van der Waals surface area (Å²) in [6.45, 7) is 4.05. The molecule has 0 saturated carbocycles. The van der Waals surface area contributed by atoms with Crippen LogP contribution in [-0.4, -0.2) is 65.5 Å². The van der Waals surface area contributed by atoms with Gasteiger partial charge in [0.25, 0.3) is 5.91 Å². The molecule has 0 aliphatic carbocycles. The Balaban J connectivity index is 1.23. The van der Waals surface area contributed by atoms with Gasteiger partial charge in [0.05, 0.1) is 11.8 Å². The summed E-state index contributed by atoms with van der Waals surface area (Å²) in [4.78, 5) is 41.2. The summed E-state index contributed by atoms with van der Waals surface area (Å²) in [5.41, 5.74) is 2.64. The molecular formula is C25H27N3O3S. The van der Waals surface area contributed by atoms with E-state index in [2.05, 4.69) is 18.3 Å². The molecule has 2 unspecified atom stereocenters. The molecule has 7 heteroatoms. The Bertz CT molecular complexity index is 999. The maximum atomic E-state index is 12.7. The van der Waals surface area contributed by atoms with E-state index in [4.69, 9.17) is 0 Å². The van der Waals surface area contributed by atoms with Gasteiger partial charge < -0.3 is 15.1 Å². The van der Waals surface area contributed by atoms with Crippen molar-refractivity contribution in [3.8, 4) is 11.1 Å². The predicted octanol–water partition coefficient (Wildman–Crippen LogP) is 3.02. The van der Waals surface area contributed by atoms with Crippen LogP contribution in [0, 0.1) is 5.92 Å². The van der Waals surface area contributed by atoms with Crippen molar-refractivity contribution in [2.24, 2.45) is 5.92 Å². The number of carbonyl (C=O) groups is 3. The number of hydrogen-bond acceptors (Lipinski definition) is 4. The van der Waals surface area contributed by atoms with Crippen LogP contribution in [0.1, 0.15) is 17.3 Å². The van der Waals surface area contributed by atoms with Crippen molar-refractivity contribution in [1.29, 1.82) is 0 Å². The quantitative estimate of drug-likeness (QED) is 0.762. The van der Waals surface area contributed by atoms with Gasteiger partial charge in [0.1, 0.15) is 0 Å². The molecule has 2 aliphatic rings. The molecule has 32 heavy (non-hydrogen) atoms. The van der Waals surface area contributed by atoms with Gasteiger partial charge in [-0.2, -0.15) is 0 Å². The first-order valence-electron chi connectivity index (χ1n) is 10.9. The monoisotopic (exact) mass is 449 g/mol. The van der Waals surface area contributed by atoms with Crippen molar-refractivity contribution in [1.82, 2.24) is 15.1 Å². The van der Waals surface area contributed by atoms with E-state index < -0.39 is 0 Å². The lowest BCUT2D eigenvalue weighted by molar-refractivity contribution is -0.138. The van der Waals surface area contributed by atoms with Gasteiger partial charge in [-0.25, -0.2) is 0 Å². The molecule has 0 aromatic heterocycles. The largest absolute Gasteiger partial charge is 0.343 e. The summed E-state index contributed by atoms with van der Waals surface area (Å²) in [6, 6.07) is 17.3. The number of carbonyl (C=O) groups excluding carboxylic acids is 3. The van der Waals surface area contributed by atoms with Gasteiger partial charge in [-0.1, -0.05) is 55.5 Å². The van der Waals surface area contributed by atoms with Crippen LogP contribution in [-0.2, 0) is 9.59 Å². The molecule has 1 saturated heterocycles. The third kappa shape index (κ3) is 5.05. The summed E-state index contributed by atoms with van der Waals surface area (Å²) in [7, 11) is 0. The average molecular weight is 450 g/mol. The van der Waals surface area contributed by atoms with E-state index in [0.29, 0.717) is 31.7 Å². The van der Waals surface area contributed by atoms with Crippen molar-refractivity contribution < 1.29 is 14.4 Å². The molecule has 2 aliphatic heterocycles. The standard InChI is InChI=1S/C25H27N3O3S/c1-18-11-16-32-23(18)25(31)28-14-12-27(13-15-28)22(29)17-26-24(30)21-9-7-20(8-10-21)19-5-3-2-4-6-19/h2-11,16,18,23H,12-15,17H2,1H3,(H,26,30). The van der Waals surface area contributed by atoms with Gasteiger partial charge in [-0.15, -0.1) is 11.8 Å². The molecular weight excluding hydrogens is 422 g/mol. The highest BCUT2D eigenvalue weighted by Gasteiger charge is 2.33. The Hall–Kier alpha value is -3.06. The van der Waals surface area contributed by atoms with Crippen LogP contribution in [0.5, 0.6) is 0 Å². The van der Waals surface area contributed by atoms with E-state index >= 15 is 0 Å². The van der Waals surface area contributed by atoms with E-state index in [1.807, 2.05) is 52.8 Å². The van der Waals surface area contributed by atoms with Gasteiger partial charge in [-0.3, -0.25) is 14.4 Å². The van der Waals surface area contributed by atoms with Gasteiger partial charge in [0, 0.05) is 31.7 Å². The topological polar surface area (TPSA) is 69.7 Å². The molecule has 2 heterocycles. The SMILES string of the molecule is CC1C=CSC1C(=O)N1CCN(C(=O)CNC(=O)c2ccc(-c3ccccc3)cc2)CC1. The minimum Gasteiger partial charge on any atom is -0.343 e. The number of amides is 3. The lowest BCUT2D eigenvalue weighted by atomic mass is 10.0. The average Bonchev–Trinajstić information content (AvgIpc) is 3.28. The maximum Gasteiger partial charge on any atom is 0.251 e. The Labute approximate surface area is 192 Å². The minimum absolute atomic E-state index is 0.0490. The number of allylic oxidation sites excluding steroid dienone is 1. The lowest BCUT2D eigenvalue weighted by Crippen LogP contribution is -2.54. The maximum absolute atomic E-state index is 12.7. The molecule has 1 fully saturated rings. The van der Waals surface area contributed by atoms with Crippen LogP contribution in [0.2, 0.25) is 0 Å². The van der Waals surface area contributed by atoms with Gasteiger partial charge in [0.15, 0.2) is 0 Å². The number of hydrogen-bond donors (Lipinski definition) is 1. The van der Waals surface area contributed by atoms with E-state index in [-0.39, 0.29) is 35.4 Å². The van der Waals surface area contributed by atoms with Gasteiger partial charge in [-0.05, 0) is 34.6 Å². The second kappa shape index (κ2) is 10.0. The van der Waals surface area contributed by atoms with E-state index in [1.54, 1.807) is 28.8 Å². The predicted molar refractivity (Wildman–Crippen MR) is 127 cm³/mol. The number of nitrogens with zero attached hydrogens (tertiary/aromatic N) is 2. The highest BCUT2D eigenvalue weighted by molar-refractivity contribution is 8.03. The first-order chi connectivity index (χ1) is 15.5. The summed E-state index contributed by atoms with van der Waals surface area (Å²) in [6.07, 6.45) is 2.06. The van der Waals surface area contributed by atoms with E-state index in [1.165, 1.54) is 0 Å². The van der Waals surface area contributed by atoms with Crippen LogP contribution in [0.3, 0.4) is 0 Å². The third-order valence-electron chi connectivity index (χ3n) is 5.93. The minimum atomic E-state index is -0.272. The van der Waals surface area contributed by atoms with Crippen LogP contribution in [0.15, 0.2) is 66.1 Å². The van der Waals surface area contributed by atoms with Crippen molar-refractivity contribution in [3.63, 3.8) is 0 Å². The number of piperazine rings is 1. The number of thioether (sulfide) groups is 1. The Morgan fingerprint density at radius 1 is 0.906 bits per heavy atom. The fourth-order valence-electron chi connectivity index (χ4n) is 3.93. The molecule has 1 N–H and O–H groups in total. The highest BCUT2D eigenvalue weighted by Crippen LogP contribution is 2.31. The molecule has 2 aromatic carbocycles. The van der Waals surface area contributed by atoms with Gasteiger partial charge in [0.2, 0.25) is 11.8 Å². The number of rotatable bonds is 5. The molecule has 0 radical (unpaired) electrons. The Morgan fingerprint density at radius 3 is 2.16 bits per heavy atom. The fourth-order valence-corrected chi connectivity index (χ4v) is 5.04. The molecule has 6 nitrogen and oxygen atoms in total. The summed E-state index contributed by atoms with van der Waals surface area (Å²) >= 11 is 1.57. The molecule has 2 aromatic rings. The number of benzene rings is 2. The van der Waals surface area contributed by atoms with Crippen LogP contribution < -0.4 is 5.32 Å². The summed E-state index contributed by atoms with van der Waals surface area (Å²) in [5.74, 6) is -0.0147. The summed E-state index contributed by atoms with van der Waals surface area (Å²) < 4.78 is 0. The zero-order chi connectivity index (χ0) is 22.5. The second-order valence-corrected chi connectivity index (χ2v) is 9.13. The van der Waals surface area contributed by atoms with Gasteiger partial charge >= 0.3 is 0 Å². The zero-order valence-corrected chi connectivity index (χ0v) is 18.9. The molecule has 2 atom stereocenters. The second-order valence-electron chi connectivity index (χ2n) is 8.08. The Kier molecular flexibility index (Phi) is 6.95. The Morgan fingerprint density at radius 2 is 1.53 bits per heavy atom. The van der Waals surface area contributed by atoms with Crippen molar-refractivity contribution >= 4 is 29.5 Å². The molecule has 0 bridgehead atoms. The van der Waals surface area contributed by atoms with Crippen molar-refractivity contribution in [3.05, 3.63) is 71.6 Å². The molecule has 3 amide bonds.